The average molecular weight is 207 g/mol. The SMILES string of the molecule is Cc1ccc(C2OCCC2C(=O)O)cn1. The number of ether oxygens (including phenoxy) is 1. The van der Waals surface area contributed by atoms with E-state index < -0.39 is 11.9 Å². The highest BCUT2D eigenvalue weighted by Crippen LogP contribution is 2.34. The maximum atomic E-state index is 11.0. The second kappa shape index (κ2) is 3.98. The molecule has 2 atom stereocenters. The highest BCUT2D eigenvalue weighted by atomic mass is 16.5. The van der Waals surface area contributed by atoms with Crippen LogP contribution in [0.25, 0.3) is 0 Å². The summed E-state index contributed by atoms with van der Waals surface area (Å²) in [7, 11) is 0. The van der Waals surface area contributed by atoms with Crippen molar-refractivity contribution in [2.75, 3.05) is 6.61 Å². The Morgan fingerprint density at radius 1 is 1.60 bits per heavy atom. The lowest BCUT2D eigenvalue weighted by atomic mass is 9.96. The molecule has 0 aliphatic carbocycles. The van der Waals surface area contributed by atoms with Crippen LogP contribution in [0.2, 0.25) is 0 Å². The Bertz CT molecular complexity index is 361. The van der Waals surface area contributed by atoms with Crippen LogP contribution in [0.5, 0.6) is 0 Å². The molecule has 1 N–H and O–H groups in total. The molecule has 80 valence electrons. The number of pyridine rings is 1. The van der Waals surface area contributed by atoms with Crippen molar-refractivity contribution in [3.05, 3.63) is 29.6 Å². The van der Waals surface area contributed by atoms with E-state index in [4.69, 9.17) is 9.84 Å². The first kappa shape index (κ1) is 10.1. The minimum absolute atomic E-state index is 0.337. The number of hydrogen-bond donors (Lipinski definition) is 1. The first-order chi connectivity index (χ1) is 7.18. The van der Waals surface area contributed by atoms with Crippen LogP contribution in [0.1, 0.15) is 23.8 Å². The summed E-state index contributed by atoms with van der Waals surface area (Å²) in [6, 6.07) is 3.75. The number of nitrogens with zero attached hydrogens (tertiary/aromatic N) is 1. The molecule has 2 rings (SSSR count). The predicted molar refractivity (Wildman–Crippen MR) is 53.4 cm³/mol. The second-order valence-electron chi connectivity index (χ2n) is 3.76. The molecule has 1 aromatic heterocycles. The Morgan fingerprint density at radius 2 is 2.40 bits per heavy atom. The maximum absolute atomic E-state index is 11.0. The monoisotopic (exact) mass is 207 g/mol. The van der Waals surface area contributed by atoms with Gasteiger partial charge in [0.05, 0.1) is 12.0 Å². The lowest BCUT2D eigenvalue weighted by Gasteiger charge is -2.14. The maximum Gasteiger partial charge on any atom is 0.309 e. The third-order valence-electron chi connectivity index (χ3n) is 2.67. The number of carbonyl (C=O) groups is 1. The van der Waals surface area contributed by atoms with Gasteiger partial charge in [0, 0.05) is 18.5 Å². The van der Waals surface area contributed by atoms with Crippen molar-refractivity contribution < 1.29 is 14.6 Å². The fourth-order valence-electron chi connectivity index (χ4n) is 1.82. The van der Waals surface area contributed by atoms with E-state index >= 15 is 0 Å². The number of aliphatic carboxylic acids is 1. The van der Waals surface area contributed by atoms with Gasteiger partial charge in [0.2, 0.25) is 0 Å². The zero-order valence-electron chi connectivity index (χ0n) is 8.51. The highest BCUT2D eigenvalue weighted by molar-refractivity contribution is 5.71. The fourth-order valence-corrected chi connectivity index (χ4v) is 1.82. The molecule has 4 nitrogen and oxygen atoms in total. The van der Waals surface area contributed by atoms with E-state index in [0.29, 0.717) is 13.0 Å². The van der Waals surface area contributed by atoms with Gasteiger partial charge in [0.1, 0.15) is 0 Å². The Hall–Kier alpha value is -1.42. The van der Waals surface area contributed by atoms with Crippen molar-refractivity contribution in [1.82, 2.24) is 4.98 Å². The molecular weight excluding hydrogens is 194 g/mol. The van der Waals surface area contributed by atoms with Gasteiger partial charge >= 0.3 is 5.97 Å². The van der Waals surface area contributed by atoms with Gasteiger partial charge in [-0.25, -0.2) is 0 Å². The molecule has 0 bridgehead atoms. The van der Waals surface area contributed by atoms with Gasteiger partial charge in [-0.2, -0.15) is 0 Å². The first-order valence-corrected chi connectivity index (χ1v) is 4.95. The Kier molecular flexibility index (Phi) is 2.68. The van der Waals surface area contributed by atoms with Gasteiger partial charge in [-0.3, -0.25) is 9.78 Å². The minimum Gasteiger partial charge on any atom is -0.481 e. The van der Waals surface area contributed by atoms with E-state index in [-0.39, 0.29) is 6.10 Å². The lowest BCUT2D eigenvalue weighted by Crippen LogP contribution is -2.17. The van der Waals surface area contributed by atoms with Crippen LogP contribution in [-0.4, -0.2) is 22.7 Å². The smallest absolute Gasteiger partial charge is 0.309 e. The van der Waals surface area contributed by atoms with E-state index in [9.17, 15) is 4.79 Å². The molecule has 1 aromatic rings. The van der Waals surface area contributed by atoms with E-state index in [1.54, 1.807) is 6.20 Å². The third kappa shape index (κ3) is 1.99. The van der Waals surface area contributed by atoms with Crippen molar-refractivity contribution in [3.63, 3.8) is 0 Å². The predicted octanol–water partition coefficient (Wildman–Crippen LogP) is 1.55. The van der Waals surface area contributed by atoms with E-state index in [2.05, 4.69) is 4.98 Å². The normalized spacial score (nSPS) is 25.4. The molecule has 4 heteroatoms. The van der Waals surface area contributed by atoms with Crippen molar-refractivity contribution in [1.29, 1.82) is 0 Å². The molecular formula is C11H13NO3. The summed E-state index contributed by atoms with van der Waals surface area (Å²) in [5.41, 5.74) is 1.77. The quantitative estimate of drug-likeness (QED) is 0.799. The van der Waals surface area contributed by atoms with Crippen LogP contribution in [0.3, 0.4) is 0 Å². The summed E-state index contributed by atoms with van der Waals surface area (Å²) < 4.78 is 5.43. The molecule has 0 spiro atoms. The summed E-state index contributed by atoms with van der Waals surface area (Å²) in [5.74, 6) is -1.23. The van der Waals surface area contributed by atoms with Crippen molar-refractivity contribution in [2.45, 2.75) is 19.4 Å². The number of hydrogen-bond acceptors (Lipinski definition) is 3. The number of rotatable bonds is 2. The molecule has 1 aliphatic rings. The van der Waals surface area contributed by atoms with Gasteiger partial charge < -0.3 is 9.84 Å². The van der Waals surface area contributed by atoms with Crippen LogP contribution in [-0.2, 0) is 9.53 Å². The summed E-state index contributed by atoms with van der Waals surface area (Å²) in [4.78, 5) is 15.1. The van der Waals surface area contributed by atoms with Crippen LogP contribution in [0.4, 0.5) is 0 Å². The molecule has 15 heavy (non-hydrogen) atoms. The number of carboxylic acid groups (broad SMARTS) is 1. The molecule has 0 saturated carbocycles. The molecule has 0 amide bonds. The second-order valence-corrected chi connectivity index (χ2v) is 3.76. The standard InChI is InChI=1S/C11H13NO3/c1-7-2-3-8(6-12-7)10-9(11(13)14)4-5-15-10/h2-3,6,9-10H,4-5H2,1H3,(H,13,14). The van der Waals surface area contributed by atoms with Gasteiger partial charge in [0.25, 0.3) is 0 Å². The lowest BCUT2D eigenvalue weighted by molar-refractivity contribution is -0.143. The van der Waals surface area contributed by atoms with Gasteiger partial charge in [-0.15, -0.1) is 0 Å². The molecule has 1 saturated heterocycles. The summed E-state index contributed by atoms with van der Waals surface area (Å²) in [6.07, 6.45) is 1.94. The molecule has 2 unspecified atom stereocenters. The van der Waals surface area contributed by atoms with Crippen LogP contribution < -0.4 is 0 Å². The summed E-state index contributed by atoms with van der Waals surface area (Å²) in [5, 5.41) is 9.00. The summed E-state index contributed by atoms with van der Waals surface area (Å²) >= 11 is 0. The Labute approximate surface area is 87.9 Å². The minimum atomic E-state index is -0.793. The zero-order chi connectivity index (χ0) is 10.8. The van der Waals surface area contributed by atoms with Crippen molar-refractivity contribution in [3.8, 4) is 0 Å². The topological polar surface area (TPSA) is 59.4 Å². The largest absolute Gasteiger partial charge is 0.481 e. The fraction of sp³-hybridized carbons (Fsp3) is 0.455. The van der Waals surface area contributed by atoms with Gasteiger partial charge in [-0.05, 0) is 25.0 Å². The molecule has 0 radical (unpaired) electrons. The van der Waals surface area contributed by atoms with Crippen LogP contribution in [0.15, 0.2) is 18.3 Å². The van der Waals surface area contributed by atoms with Gasteiger partial charge in [0.15, 0.2) is 0 Å². The molecule has 1 fully saturated rings. The molecule has 2 heterocycles. The average Bonchev–Trinajstić information content (AvgIpc) is 2.67. The zero-order valence-corrected chi connectivity index (χ0v) is 8.51. The molecule has 1 aliphatic heterocycles. The van der Waals surface area contributed by atoms with E-state index in [0.717, 1.165) is 11.3 Å². The van der Waals surface area contributed by atoms with Crippen LogP contribution >= 0.6 is 0 Å². The van der Waals surface area contributed by atoms with Crippen LogP contribution in [0, 0.1) is 12.8 Å². The first-order valence-electron chi connectivity index (χ1n) is 4.95. The van der Waals surface area contributed by atoms with Crippen molar-refractivity contribution in [2.24, 2.45) is 5.92 Å². The Morgan fingerprint density at radius 3 is 3.00 bits per heavy atom. The van der Waals surface area contributed by atoms with Gasteiger partial charge in [-0.1, -0.05) is 6.07 Å². The van der Waals surface area contributed by atoms with E-state index in [1.807, 2.05) is 19.1 Å². The number of carboxylic acids is 1. The van der Waals surface area contributed by atoms with Crippen molar-refractivity contribution >= 4 is 5.97 Å². The third-order valence-corrected chi connectivity index (χ3v) is 2.67. The Balaban J connectivity index is 2.22. The number of aryl methyl sites for hydroxylation is 1. The number of aromatic nitrogens is 1. The summed E-state index contributed by atoms with van der Waals surface area (Å²) in [6.45, 7) is 2.41. The highest BCUT2D eigenvalue weighted by Gasteiger charge is 2.35. The molecule has 0 aromatic carbocycles. The van der Waals surface area contributed by atoms with E-state index in [1.165, 1.54) is 0 Å².